The second-order valence-corrected chi connectivity index (χ2v) is 5.32. The standard InChI is InChI=1S/C12H7F2N3O2S/c13-8-3-1-4-9(12(8)14)17-20(18,19)11-5-2-6-16-10(11)7-15/h1-6,17H. The number of nitrogens with zero attached hydrogens (tertiary/aromatic N) is 2. The number of nitrogens with one attached hydrogen (secondary N) is 1. The van der Waals surface area contributed by atoms with Crippen LogP contribution in [0.25, 0.3) is 0 Å². The van der Waals surface area contributed by atoms with E-state index in [1.807, 2.05) is 4.72 Å². The van der Waals surface area contributed by atoms with E-state index in [4.69, 9.17) is 5.26 Å². The quantitative estimate of drug-likeness (QED) is 0.939. The zero-order chi connectivity index (χ0) is 14.8. The largest absolute Gasteiger partial charge is 0.276 e. The first-order chi connectivity index (χ1) is 9.45. The van der Waals surface area contributed by atoms with E-state index in [1.54, 1.807) is 6.07 Å². The lowest BCUT2D eigenvalue weighted by Crippen LogP contribution is -2.16. The van der Waals surface area contributed by atoms with Crippen LogP contribution in [0.15, 0.2) is 41.4 Å². The second-order valence-electron chi connectivity index (χ2n) is 3.67. The van der Waals surface area contributed by atoms with Gasteiger partial charge in [0, 0.05) is 6.20 Å². The predicted molar refractivity (Wildman–Crippen MR) is 66.1 cm³/mol. The molecule has 0 amide bonds. The summed E-state index contributed by atoms with van der Waals surface area (Å²) in [4.78, 5) is 3.19. The van der Waals surface area contributed by atoms with Crippen LogP contribution in [-0.2, 0) is 10.0 Å². The van der Waals surface area contributed by atoms with Crippen LogP contribution in [0.1, 0.15) is 5.69 Å². The Morgan fingerprint density at radius 2 is 1.95 bits per heavy atom. The van der Waals surface area contributed by atoms with Gasteiger partial charge in [-0.3, -0.25) is 4.72 Å². The average molecular weight is 295 g/mol. The summed E-state index contributed by atoms with van der Waals surface area (Å²) in [6.45, 7) is 0. The van der Waals surface area contributed by atoms with E-state index in [1.165, 1.54) is 12.3 Å². The fraction of sp³-hybridized carbons (Fsp3) is 0. The lowest BCUT2D eigenvalue weighted by Gasteiger charge is -2.09. The number of anilines is 1. The maximum atomic E-state index is 13.4. The number of hydrogen-bond acceptors (Lipinski definition) is 4. The van der Waals surface area contributed by atoms with Gasteiger partial charge in [-0.25, -0.2) is 22.2 Å². The molecule has 2 aromatic rings. The van der Waals surface area contributed by atoms with Gasteiger partial charge in [0.2, 0.25) is 0 Å². The zero-order valence-corrected chi connectivity index (χ0v) is 10.7. The Balaban J connectivity index is 2.47. The molecule has 0 radical (unpaired) electrons. The van der Waals surface area contributed by atoms with Gasteiger partial charge in [0.15, 0.2) is 17.3 Å². The number of benzene rings is 1. The van der Waals surface area contributed by atoms with Crippen LogP contribution in [-0.4, -0.2) is 13.4 Å². The topological polar surface area (TPSA) is 82.8 Å². The third-order valence-corrected chi connectivity index (χ3v) is 3.76. The molecule has 2 rings (SSSR count). The molecule has 0 bridgehead atoms. The van der Waals surface area contributed by atoms with Crippen LogP contribution in [0.4, 0.5) is 14.5 Å². The number of rotatable bonds is 3. The molecule has 8 heteroatoms. The zero-order valence-electron chi connectivity index (χ0n) is 9.84. The Bertz CT molecular complexity index is 801. The van der Waals surface area contributed by atoms with Crippen molar-refractivity contribution in [3.63, 3.8) is 0 Å². The molecule has 1 aromatic heterocycles. The number of hydrogen-bond donors (Lipinski definition) is 1. The lowest BCUT2D eigenvalue weighted by molar-refractivity contribution is 0.511. The molecule has 102 valence electrons. The molecule has 0 atom stereocenters. The molecule has 1 aromatic carbocycles. The smallest absolute Gasteiger partial charge is 0.264 e. The Hall–Kier alpha value is -2.53. The van der Waals surface area contributed by atoms with Crippen LogP contribution < -0.4 is 4.72 Å². The van der Waals surface area contributed by atoms with E-state index in [0.29, 0.717) is 0 Å². The molecule has 5 nitrogen and oxygen atoms in total. The van der Waals surface area contributed by atoms with Crippen LogP contribution in [0.5, 0.6) is 0 Å². The van der Waals surface area contributed by atoms with Crippen molar-refractivity contribution in [1.29, 1.82) is 5.26 Å². The van der Waals surface area contributed by atoms with Crippen LogP contribution >= 0.6 is 0 Å². The Morgan fingerprint density at radius 3 is 2.65 bits per heavy atom. The Morgan fingerprint density at radius 1 is 1.20 bits per heavy atom. The summed E-state index contributed by atoms with van der Waals surface area (Å²) in [5.41, 5.74) is -0.880. The lowest BCUT2D eigenvalue weighted by atomic mass is 10.3. The Kier molecular flexibility index (Phi) is 3.63. The van der Waals surface area contributed by atoms with Crippen molar-refractivity contribution in [2.45, 2.75) is 4.90 Å². The summed E-state index contributed by atoms with van der Waals surface area (Å²) in [6.07, 6.45) is 1.25. The molecule has 0 unspecified atom stereocenters. The van der Waals surface area contributed by atoms with Gasteiger partial charge in [-0.05, 0) is 24.3 Å². The number of nitriles is 1. The van der Waals surface area contributed by atoms with E-state index in [2.05, 4.69) is 4.98 Å². The van der Waals surface area contributed by atoms with E-state index >= 15 is 0 Å². The maximum absolute atomic E-state index is 13.4. The third-order valence-electron chi connectivity index (χ3n) is 2.36. The van der Waals surface area contributed by atoms with E-state index < -0.39 is 32.2 Å². The van der Waals surface area contributed by atoms with E-state index in [9.17, 15) is 17.2 Å². The van der Waals surface area contributed by atoms with Gasteiger partial charge in [0.05, 0.1) is 5.69 Å². The predicted octanol–water partition coefficient (Wildman–Crippen LogP) is 2.03. The van der Waals surface area contributed by atoms with Crippen molar-refractivity contribution in [3.05, 3.63) is 53.9 Å². The van der Waals surface area contributed by atoms with E-state index in [-0.39, 0.29) is 5.69 Å². The van der Waals surface area contributed by atoms with Crippen molar-refractivity contribution in [3.8, 4) is 6.07 Å². The van der Waals surface area contributed by atoms with Gasteiger partial charge < -0.3 is 0 Å². The van der Waals surface area contributed by atoms with Gasteiger partial charge in [0.1, 0.15) is 11.0 Å². The minimum atomic E-state index is -4.24. The van der Waals surface area contributed by atoms with Gasteiger partial charge in [-0.2, -0.15) is 5.26 Å². The summed E-state index contributed by atoms with van der Waals surface area (Å²) in [5.74, 6) is -2.50. The molecule has 1 heterocycles. The van der Waals surface area contributed by atoms with Gasteiger partial charge >= 0.3 is 0 Å². The first-order valence-corrected chi connectivity index (χ1v) is 6.76. The molecule has 0 aliphatic heterocycles. The number of halogens is 2. The third kappa shape index (κ3) is 2.57. The van der Waals surface area contributed by atoms with Crippen molar-refractivity contribution < 1.29 is 17.2 Å². The summed E-state index contributed by atoms with van der Waals surface area (Å²) in [7, 11) is -4.24. The van der Waals surface area contributed by atoms with Crippen molar-refractivity contribution >= 4 is 15.7 Å². The summed E-state index contributed by atoms with van der Waals surface area (Å²) in [5, 5.41) is 8.81. The van der Waals surface area contributed by atoms with Crippen LogP contribution in [0.3, 0.4) is 0 Å². The minimum Gasteiger partial charge on any atom is -0.276 e. The Labute approximate surface area is 113 Å². The molecule has 1 N–H and O–H groups in total. The first-order valence-electron chi connectivity index (χ1n) is 5.27. The molecular weight excluding hydrogens is 288 g/mol. The molecule has 0 saturated heterocycles. The van der Waals surface area contributed by atoms with Gasteiger partial charge in [0.25, 0.3) is 10.0 Å². The van der Waals surface area contributed by atoms with Crippen LogP contribution in [0.2, 0.25) is 0 Å². The minimum absolute atomic E-state index is 0.336. The average Bonchev–Trinajstić information content (AvgIpc) is 2.43. The van der Waals surface area contributed by atoms with Crippen LogP contribution in [0, 0.1) is 23.0 Å². The highest BCUT2D eigenvalue weighted by Crippen LogP contribution is 2.21. The van der Waals surface area contributed by atoms with Gasteiger partial charge in [-0.15, -0.1) is 0 Å². The molecule has 20 heavy (non-hydrogen) atoms. The number of aromatic nitrogens is 1. The van der Waals surface area contributed by atoms with E-state index in [0.717, 1.165) is 24.3 Å². The molecule has 0 saturated carbocycles. The summed E-state index contributed by atoms with van der Waals surface area (Å²) < 4.78 is 52.5. The van der Waals surface area contributed by atoms with Crippen molar-refractivity contribution in [1.82, 2.24) is 4.98 Å². The molecular formula is C12H7F2N3O2S. The fourth-order valence-corrected chi connectivity index (χ4v) is 2.64. The number of sulfonamides is 1. The SMILES string of the molecule is N#Cc1ncccc1S(=O)(=O)Nc1cccc(F)c1F. The maximum Gasteiger partial charge on any atom is 0.264 e. The first kappa shape index (κ1) is 13.9. The van der Waals surface area contributed by atoms with Crippen molar-refractivity contribution in [2.75, 3.05) is 4.72 Å². The van der Waals surface area contributed by atoms with Gasteiger partial charge in [-0.1, -0.05) is 6.07 Å². The normalized spacial score (nSPS) is 10.8. The highest BCUT2D eigenvalue weighted by molar-refractivity contribution is 7.92. The second kappa shape index (κ2) is 5.22. The number of pyridine rings is 1. The highest BCUT2D eigenvalue weighted by Gasteiger charge is 2.21. The molecule has 0 fully saturated rings. The van der Waals surface area contributed by atoms with Crippen molar-refractivity contribution in [2.24, 2.45) is 0 Å². The molecule has 0 aliphatic rings. The molecule has 0 aliphatic carbocycles. The monoisotopic (exact) mass is 295 g/mol. The summed E-state index contributed by atoms with van der Waals surface area (Å²) >= 11 is 0. The fourth-order valence-electron chi connectivity index (χ4n) is 1.47. The highest BCUT2D eigenvalue weighted by atomic mass is 32.2. The molecule has 0 spiro atoms. The summed E-state index contributed by atoms with van der Waals surface area (Å²) in [6, 6.07) is 7.16.